The maximum atomic E-state index is 13.8. The molecule has 3 heterocycles. The topological polar surface area (TPSA) is 71.7 Å². The summed E-state index contributed by atoms with van der Waals surface area (Å²) in [7, 11) is 0. The summed E-state index contributed by atoms with van der Waals surface area (Å²) in [4.78, 5) is 6.95. The molecular weight excluding hydrogens is 489 g/mol. The second kappa shape index (κ2) is 9.78. The highest BCUT2D eigenvalue weighted by Gasteiger charge is 2.47. The number of allylic oxidation sites excluding steroid dienone is 2. The lowest BCUT2D eigenvalue weighted by Crippen LogP contribution is -2.42. The quantitative estimate of drug-likeness (QED) is 0.262. The van der Waals surface area contributed by atoms with E-state index in [9.17, 15) is 13.9 Å². The zero-order valence-corrected chi connectivity index (χ0v) is 20.2. The summed E-state index contributed by atoms with van der Waals surface area (Å²) in [6.07, 6.45) is 4.62. The standard InChI is InChI=1S/C23H24Cl2F2N4OS/c1-13(26)29-7-6-17(28)20-18-10-23(32,11-24)12-31(18)22(19-3-2-8-33-19)30-21(20)15-5-4-14(27)9-16(15)25/h2,4-9,13,19,21,28-29,32H,3,10-12H2,1H3/b7-6-,28-17?/t13?,19?,21-,23+/m0/s1. The molecule has 4 rings (SSSR count). The smallest absolute Gasteiger partial charge is 0.166 e. The van der Waals surface area contributed by atoms with Gasteiger partial charge in [0.2, 0.25) is 0 Å². The molecule has 5 nitrogen and oxygen atoms in total. The van der Waals surface area contributed by atoms with Crippen LogP contribution in [0.15, 0.2) is 58.2 Å². The van der Waals surface area contributed by atoms with Crippen molar-refractivity contribution in [1.29, 1.82) is 5.41 Å². The SMILES string of the molecule is CC(F)N/C=C\C(=N)C1=C2C[C@@](O)(CCl)CN2C(C2CC=CS2)=N[C@H]1c1ccc(F)cc1Cl. The summed E-state index contributed by atoms with van der Waals surface area (Å²) in [6.45, 7) is 1.60. The van der Waals surface area contributed by atoms with Crippen molar-refractivity contribution in [2.24, 2.45) is 4.99 Å². The summed E-state index contributed by atoms with van der Waals surface area (Å²) >= 11 is 14.2. The summed E-state index contributed by atoms with van der Waals surface area (Å²) < 4.78 is 27.0. The minimum atomic E-state index is -1.28. The van der Waals surface area contributed by atoms with E-state index in [0.29, 0.717) is 11.1 Å². The largest absolute Gasteiger partial charge is 0.386 e. The second-order valence-corrected chi connectivity index (χ2v) is 10.1. The Morgan fingerprint density at radius 2 is 2.30 bits per heavy atom. The maximum Gasteiger partial charge on any atom is 0.166 e. The zero-order chi connectivity index (χ0) is 23.8. The minimum Gasteiger partial charge on any atom is -0.386 e. The van der Waals surface area contributed by atoms with Gasteiger partial charge >= 0.3 is 0 Å². The lowest BCUT2D eigenvalue weighted by atomic mass is 9.90. The number of rotatable bonds is 7. The summed E-state index contributed by atoms with van der Waals surface area (Å²) in [6, 6.07) is 3.42. The first-order valence-electron chi connectivity index (χ1n) is 10.5. The van der Waals surface area contributed by atoms with Gasteiger partial charge in [-0.05, 0) is 37.0 Å². The van der Waals surface area contributed by atoms with Crippen molar-refractivity contribution in [1.82, 2.24) is 10.2 Å². The molecule has 0 aliphatic carbocycles. The van der Waals surface area contributed by atoms with Gasteiger partial charge in [0.05, 0.1) is 23.4 Å². The second-order valence-electron chi connectivity index (χ2n) is 8.30. The predicted molar refractivity (Wildman–Crippen MR) is 131 cm³/mol. The number of nitrogens with one attached hydrogen (secondary N) is 2. The third-order valence-electron chi connectivity index (χ3n) is 5.75. The van der Waals surface area contributed by atoms with Crippen LogP contribution in [0.25, 0.3) is 0 Å². The van der Waals surface area contributed by atoms with Crippen LogP contribution in [0.3, 0.4) is 0 Å². The first-order chi connectivity index (χ1) is 15.7. The van der Waals surface area contributed by atoms with Crippen molar-refractivity contribution in [3.63, 3.8) is 0 Å². The molecule has 33 heavy (non-hydrogen) atoms. The maximum absolute atomic E-state index is 13.8. The molecule has 176 valence electrons. The molecule has 0 aromatic heterocycles. The zero-order valence-electron chi connectivity index (χ0n) is 17.9. The average Bonchev–Trinajstić information content (AvgIpc) is 3.40. The Labute approximate surface area is 205 Å². The van der Waals surface area contributed by atoms with E-state index in [1.165, 1.54) is 31.3 Å². The molecule has 1 aromatic carbocycles. The van der Waals surface area contributed by atoms with Gasteiger partial charge < -0.3 is 20.7 Å². The van der Waals surface area contributed by atoms with Gasteiger partial charge in [-0.2, -0.15) is 0 Å². The Morgan fingerprint density at radius 3 is 2.94 bits per heavy atom. The molecule has 1 saturated heterocycles. The lowest BCUT2D eigenvalue weighted by molar-refractivity contribution is 0.0794. The van der Waals surface area contributed by atoms with Crippen LogP contribution in [0.2, 0.25) is 5.02 Å². The van der Waals surface area contributed by atoms with E-state index in [1.807, 2.05) is 10.3 Å². The van der Waals surface area contributed by atoms with E-state index in [-0.39, 0.29) is 34.8 Å². The van der Waals surface area contributed by atoms with Crippen molar-refractivity contribution in [3.8, 4) is 0 Å². The van der Waals surface area contributed by atoms with E-state index in [0.717, 1.165) is 18.0 Å². The summed E-state index contributed by atoms with van der Waals surface area (Å²) in [5.74, 6) is 0.321. The van der Waals surface area contributed by atoms with Gasteiger partial charge in [-0.3, -0.25) is 4.99 Å². The molecule has 1 aromatic rings. The third kappa shape index (κ3) is 4.99. The van der Waals surface area contributed by atoms with Crippen molar-refractivity contribution < 1.29 is 13.9 Å². The molecular formula is C23H24Cl2F2N4OS. The van der Waals surface area contributed by atoms with Crippen molar-refractivity contribution in [3.05, 3.63) is 69.6 Å². The number of alkyl halides is 2. The highest BCUT2D eigenvalue weighted by molar-refractivity contribution is 8.03. The summed E-state index contributed by atoms with van der Waals surface area (Å²) in [5, 5.41) is 24.6. The molecule has 0 bridgehead atoms. The molecule has 3 N–H and O–H groups in total. The molecule has 0 radical (unpaired) electrons. The van der Waals surface area contributed by atoms with Gasteiger partial charge in [-0.15, -0.1) is 23.4 Å². The average molecular weight is 513 g/mol. The van der Waals surface area contributed by atoms with Gasteiger partial charge in [-0.25, -0.2) is 8.78 Å². The Hall–Kier alpha value is -1.87. The Morgan fingerprint density at radius 1 is 1.52 bits per heavy atom. The number of amidine groups is 1. The highest BCUT2D eigenvalue weighted by atomic mass is 35.5. The van der Waals surface area contributed by atoms with Gasteiger partial charge in [0.15, 0.2) is 6.30 Å². The van der Waals surface area contributed by atoms with Crippen LogP contribution in [-0.4, -0.2) is 51.1 Å². The molecule has 3 aliphatic rings. The predicted octanol–water partition coefficient (Wildman–Crippen LogP) is 5.32. The molecule has 0 saturated carbocycles. The number of nitrogens with zero attached hydrogens (tertiary/aromatic N) is 2. The van der Waals surface area contributed by atoms with Gasteiger partial charge in [0, 0.05) is 34.5 Å². The monoisotopic (exact) mass is 512 g/mol. The number of fused-ring (bicyclic) bond motifs is 1. The van der Waals surface area contributed by atoms with E-state index in [1.54, 1.807) is 17.8 Å². The number of aliphatic imine (C=N–C) groups is 1. The molecule has 4 atom stereocenters. The normalized spacial score (nSPS) is 27.8. The van der Waals surface area contributed by atoms with Crippen molar-refractivity contribution in [2.75, 3.05) is 12.4 Å². The van der Waals surface area contributed by atoms with E-state index < -0.39 is 23.8 Å². The number of hydrogen-bond acceptors (Lipinski definition) is 6. The van der Waals surface area contributed by atoms with Crippen LogP contribution in [0.5, 0.6) is 0 Å². The lowest BCUT2D eigenvalue weighted by Gasteiger charge is -2.35. The molecule has 1 fully saturated rings. The van der Waals surface area contributed by atoms with E-state index >= 15 is 0 Å². The molecule has 10 heteroatoms. The number of thioether (sulfide) groups is 1. The van der Waals surface area contributed by atoms with Crippen LogP contribution in [-0.2, 0) is 0 Å². The third-order valence-corrected chi connectivity index (χ3v) is 7.65. The van der Waals surface area contributed by atoms with Crippen LogP contribution < -0.4 is 5.32 Å². The minimum absolute atomic E-state index is 0.0235. The Kier molecular flexibility index (Phi) is 7.19. The van der Waals surface area contributed by atoms with E-state index in [2.05, 4.69) is 11.4 Å². The summed E-state index contributed by atoms with van der Waals surface area (Å²) in [5.41, 5.74) is 0.710. The van der Waals surface area contributed by atoms with E-state index in [4.69, 9.17) is 33.6 Å². The molecule has 3 aliphatic heterocycles. The fourth-order valence-electron chi connectivity index (χ4n) is 4.24. The Bertz CT molecular complexity index is 1070. The Balaban J connectivity index is 1.86. The van der Waals surface area contributed by atoms with Crippen molar-refractivity contribution >= 4 is 46.5 Å². The van der Waals surface area contributed by atoms with Crippen molar-refractivity contribution in [2.45, 2.75) is 43.0 Å². The highest BCUT2D eigenvalue weighted by Crippen LogP contribution is 2.46. The first-order valence-corrected chi connectivity index (χ1v) is 12.4. The van der Waals surface area contributed by atoms with Gasteiger partial charge in [-0.1, -0.05) is 23.7 Å². The molecule has 0 spiro atoms. The van der Waals surface area contributed by atoms with Crippen LogP contribution in [0.1, 0.15) is 31.4 Å². The molecule has 2 unspecified atom stereocenters. The number of benzene rings is 1. The fourth-order valence-corrected chi connectivity index (χ4v) is 5.63. The van der Waals surface area contributed by atoms with Gasteiger partial charge in [0.25, 0.3) is 0 Å². The number of hydrogen-bond donors (Lipinski definition) is 3. The molecule has 0 amide bonds. The first kappa shape index (κ1) is 24.3. The van der Waals surface area contributed by atoms with Crippen LogP contribution in [0.4, 0.5) is 8.78 Å². The van der Waals surface area contributed by atoms with Crippen LogP contribution >= 0.6 is 35.0 Å². The number of halogens is 4. The van der Waals surface area contributed by atoms with Crippen LogP contribution in [0, 0.1) is 11.2 Å². The number of aliphatic hydroxyl groups is 1. The van der Waals surface area contributed by atoms with Gasteiger partial charge in [0.1, 0.15) is 23.3 Å². The fraction of sp³-hybridized carbons (Fsp3) is 0.391.